The highest BCUT2D eigenvalue weighted by molar-refractivity contribution is 7.90. The van der Waals surface area contributed by atoms with Gasteiger partial charge in [-0.2, -0.15) is 0 Å². The molecule has 0 aliphatic rings. The van der Waals surface area contributed by atoms with Crippen molar-refractivity contribution in [3.8, 4) is 5.75 Å². The van der Waals surface area contributed by atoms with Gasteiger partial charge in [0.25, 0.3) is 0 Å². The van der Waals surface area contributed by atoms with Crippen molar-refractivity contribution in [2.45, 2.75) is 17.6 Å². The number of phenols is 1. The fraction of sp³-hybridized carbons (Fsp3) is 0.188. The summed E-state index contributed by atoms with van der Waals surface area (Å²) in [5.74, 6) is -1.24. The van der Waals surface area contributed by atoms with Gasteiger partial charge < -0.3 is 9.84 Å². The average molecular weight is 320 g/mol. The Morgan fingerprint density at radius 1 is 1.18 bits per heavy atom. The van der Waals surface area contributed by atoms with E-state index in [9.17, 15) is 18.3 Å². The second kappa shape index (κ2) is 6.19. The minimum Gasteiger partial charge on any atom is -0.507 e. The van der Waals surface area contributed by atoms with Crippen molar-refractivity contribution < 1.29 is 23.1 Å². The van der Waals surface area contributed by atoms with Crippen LogP contribution in [0.15, 0.2) is 47.4 Å². The predicted octanol–water partition coefficient (Wildman–Crippen LogP) is 2.46. The summed E-state index contributed by atoms with van der Waals surface area (Å²) in [5, 5.41) is 9.81. The first kappa shape index (κ1) is 16.0. The van der Waals surface area contributed by atoms with Gasteiger partial charge in [-0.15, -0.1) is 0 Å². The molecule has 2 aromatic carbocycles. The van der Waals surface area contributed by atoms with E-state index in [1.807, 2.05) is 13.0 Å². The standard InChI is InChI=1S/C16H16O5S/c1-11-4-3-5-13(8-11)22(19,20)10-12-6-7-14(15(17)9-12)16(18)21-2/h3-9,17H,10H2,1-2H3. The Bertz CT molecular complexity index is 809. The summed E-state index contributed by atoms with van der Waals surface area (Å²) in [6, 6.07) is 10.7. The number of phenolic OH excluding ortho intramolecular Hbond substituents is 1. The molecule has 1 N–H and O–H groups in total. The minimum absolute atomic E-state index is 0.000737. The molecular weight excluding hydrogens is 304 g/mol. The van der Waals surface area contributed by atoms with E-state index in [1.165, 1.54) is 31.4 Å². The molecule has 0 aromatic heterocycles. The van der Waals surface area contributed by atoms with Crippen LogP contribution in [0, 0.1) is 6.92 Å². The van der Waals surface area contributed by atoms with Crippen LogP contribution < -0.4 is 0 Å². The number of methoxy groups -OCH3 is 1. The lowest BCUT2D eigenvalue weighted by Gasteiger charge is -2.08. The zero-order valence-corrected chi connectivity index (χ0v) is 13.1. The Hall–Kier alpha value is -2.34. The maximum Gasteiger partial charge on any atom is 0.341 e. The molecule has 0 saturated carbocycles. The van der Waals surface area contributed by atoms with Gasteiger partial charge in [0.2, 0.25) is 0 Å². The number of hydrogen-bond acceptors (Lipinski definition) is 5. The van der Waals surface area contributed by atoms with Crippen molar-refractivity contribution in [1.82, 2.24) is 0 Å². The van der Waals surface area contributed by atoms with E-state index >= 15 is 0 Å². The minimum atomic E-state index is -3.52. The maximum atomic E-state index is 12.4. The van der Waals surface area contributed by atoms with E-state index in [4.69, 9.17) is 0 Å². The Kier molecular flexibility index (Phi) is 4.51. The fourth-order valence-corrected chi connectivity index (χ4v) is 3.50. The van der Waals surface area contributed by atoms with Crippen LogP contribution in [-0.4, -0.2) is 26.6 Å². The van der Waals surface area contributed by atoms with Gasteiger partial charge in [0, 0.05) is 0 Å². The zero-order chi connectivity index (χ0) is 16.3. The lowest BCUT2D eigenvalue weighted by Crippen LogP contribution is -2.06. The van der Waals surface area contributed by atoms with E-state index in [0.29, 0.717) is 5.56 Å². The van der Waals surface area contributed by atoms with Crippen LogP contribution in [0.1, 0.15) is 21.5 Å². The molecule has 22 heavy (non-hydrogen) atoms. The third-order valence-electron chi connectivity index (χ3n) is 3.17. The van der Waals surface area contributed by atoms with Gasteiger partial charge >= 0.3 is 5.97 Å². The van der Waals surface area contributed by atoms with E-state index in [1.54, 1.807) is 12.1 Å². The first-order valence-corrected chi connectivity index (χ1v) is 8.18. The van der Waals surface area contributed by atoms with Gasteiger partial charge in [0.15, 0.2) is 9.84 Å². The Labute approximate surface area is 129 Å². The molecule has 0 unspecified atom stereocenters. The summed E-state index contributed by atoms with van der Waals surface area (Å²) >= 11 is 0. The van der Waals surface area contributed by atoms with Gasteiger partial charge in [-0.05, 0) is 42.3 Å². The van der Waals surface area contributed by atoms with E-state index in [2.05, 4.69) is 4.74 Å². The monoisotopic (exact) mass is 320 g/mol. The number of sulfone groups is 1. The van der Waals surface area contributed by atoms with Gasteiger partial charge in [-0.3, -0.25) is 0 Å². The molecule has 0 radical (unpaired) electrons. The SMILES string of the molecule is COC(=O)c1ccc(CS(=O)(=O)c2cccc(C)c2)cc1O. The summed E-state index contributed by atoms with van der Waals surface area (Å²) in [6.45, 7) is 1.82. The molecule has 0 bridgehead atoms. The van der Waals surface area contributed by atoms with Crippen LogP contribution in [0.4, 0.5) is 0 Å². The summed E-state index contributed by atoms with van der Waals surface area (Å²) in [7, 11) is -2.31. The number of aryl methyl sites for hydroxylation is 1. The molecule has 0 aliphatic heterocycles. The van der Waals surface area contributed by atoms with Crippen LogP contribution in [0.5, 0.6) is 5.75 Å². The molecule has 5 nitrogen and oxygen atoms in total. The van der Waals surface area contributed by atoms with Gasteiger partial charge in [-0.1, -0.05) is 18.2 Å². The summed E-state index contributed by atoms with van der Waals surface area (Å²) < 4.78 is 29.3. The smallest absolute Gasteiger partial charge is 0.341 e. The highest BCUT2D eigenvalue weighted by Crippen LogP contribution is 2.23. The van der Waals surface area contributed by atoms with Crippen molar-refractivity contribution in [2.75, 3.05) is 7.11 Å². The lowest BCUT2D eigenvalue weighted by molar-refractivity contribution is 0.0597. The normalized spacial score (nSPS) is 11.2. The number of carbonyl (C=O) groups is 1. The molecule has 6 heteroatoms. The number of hydrogen-bond donors (Lipinski definition) is 1. The molecule has 0 saturated heterocycles. The largest absolute Gasteiger partial charge is 0.507 e. The Balaban J connectivity index is 2.31. The molecule has 0 atom stereocenters. The summed E-state index contributed by atoms with van der Waals surface area (Å²) in [4.78, 5) is 11.6. The predicted molar refractivity (Wildman–Crippen MR) is 81.5 cm³/mol. The van der Waals surface area contributed by atoms with Crippen molar-refractivity contribution in [3.05, 3.63) is 59.2 Å². The molecule has 0 spiro atoms. The number of benzene rings is 2. The highest BCUT2D eigenvalue weighted by atomic mass is 32.2. The third kappa shape index (κ3) is 3.46. The van der Waals surface area contributed by atoms with Crippen LogP contribution in [0.3, 0.4) is 0 Å². The summed E-state index contributed by atoms with van der Waals surface area (Å²) in [5.41, 5.74) is 1.25. The summed E-state index contributed by atoms with van der Waals surface area (Å²) in [6.07, 6.45) is 0. The lowest BCUT2D eigenvalue weighted by atomic mass is 10.1. The van der Waals surface area contributed by atoms with Crippen molar-refractivity contribution >= 4 is 15.8 Å². The second-order valence-corrected chi connectivity index (χ2v) is 6.91. The Morgan fingerprint density at radius 3 is 2.50 bits per heavy atom. The molecule has 0 fully saturated rings. The topological polar surface area (TPSA) is 80.7 Å². The van der Waals surface area contributed by atoms with Crippen molar-refractivity contribution in [2.24, 2.45) is 0 Å². The van der Waals surface area contributed by atoms with E-state index in [-0.39, 0.29) is 22.0 Å². The molecule has 2 rings (SSSR count). The fourth-order valence-electron chi connectivity index (χ4n) is 2.06. The molecule has 0 amide bonds. The second-order valence-electron chi connectivity index (χ2n) is 4.92. The van der Waals surface area contributed by atoms with Gasteiger partial charge in [0.05, 0.1) is 17.8 Å². The first-order valence-electron chi connectivity index (χ1n) is 6.53. The van der Waals surface area contributed by atoms with Gasteiger partial charge in [0.1, 0.15) is 11.3 Å². The Morgan fingerprint density at radius 2 is 1.91 bits per heavy atom. The first-order chi connectivity index (χ1) is 10.3. The number of rotatable bonds is 4. The van der Waals surface area contributed by atoms with E-state index < -0.39 is 15.8 Å². The van der Waals surface area contributed by atoms with Crippen LogP contribution in [0.2, 0.25) is 0 Å². The van der Waals surface area contributed by atoms with Crippen LogP contribution in [0.25, 0.3) is 0 Å². The quantitative estimate of drug-likeness (QED) is 0.875. The van der Waals surface area contributed by atoms with E-state index in [0.717, 1.165) is 5.56 Å². The molecule has 116 valence electrons. The van der Waals surface area contributed by atoms with Gasteiger partial charge in [-0.25, -0.2) is 13.2 Å². The highest BCUT2D eigenvalue weighted by Gasteiger charge is 2.18. The van der Waals surface area contributed by atoms with Crippen LogP contribution >= 0.6 is 0 Å². The number of ether oxygens (including phenoxy) is 1. The molecule has 0 aliphatic carbocycles. The van der Waals surface area contributed by atoms with Crippen LogP contribution in [-0.2, 0) is 20.3 Å². The molecular formula is C16H16O5S. The molecule has 0 heterocycles. The number of aromatic hydroxyl groups is 1. The number of carbonyl (C=O) groups excluding carboxylic acids is 1. The average Bonchev–Trinajstić information content (AvgIpc) is 2.46. The molecule has 2 aromatic rings. The van der Waals surface area contributed by atoms with Crippen molar-refractivity contribution in [3.63, 3.8) is 0 Å². The third-order valence-corrected chi connectivity index (χ3v) is 4.86. The number of esters is 1. The maximum absolute atomic E-state index is 12.4. The van der Waals surface area contributed by atoms with Crippen molar-refractivity contribution in [1.29, 1.82) is 0 Å². The zero-order valence-electron chi connectivity index (χ0n) is 12.2.